The summed E-state index contributed by atoms with van der Waals surface area (Å²) >= 11 is 0. The van der Waals surface area contributed by atoms with Crippen LogP contribution in [0.5, 0.6) is 0 Å². The zero-order chi connectivity index (χ0) is 33.8. The van der Waals surface area contributed by atoms with Crippen LogP contribution < -0.4 is 0 Å². The Morgan fingerprint density at radius 3 is 1.62 bits per heavy atom. The fourth-order valence-corrected chi connectivity index (χ4v) is 8.51. The summed E-state index contributed by atoms with van der Waals surface area (Å²) in [7, 11) is 0. The first-order valence-corrected chi connectivity index (χ1v) is 15.2. The van der Waals surface area contributed by atoms with Crippen LogP contribution in [-0.4, -0.2) is 84.6 Å². The predicted octanol–water partition coefficient (Wildman–Crippen LogP) is 2.75. The van der Waals surface area contributed by atoms with Gasteiger partial charge in [-0.15, -0.1) is 0 Å². The molecule has 4 rings (SSSR count). The van der Waals surface area contributed by atoms with Gasteiger partial charge in [-0.25, -0.2) is 0 Å². The molecule has 2 bridgehead atoms. The van der Waals surface area contributed by atoms with Gasteiger partial charge >= 0.3 is 35.8 Å². The molecule has 1 heterocycles. The molecule has 45 heavy (non-hydrogen) atoms. The number of hydrogen-bond acceptors (Lipinski definition) is 13. The number of rotatable bonds is 6. The molecule has 13 heteroatoms. The predicted molar refractivity (Wildman–Crippen MR) is 153 cm³/mol. The van der Waals surface area contributed by atoms with Gasteiger partial charge in [-0.1, -0.05) is 20.8 Å². The number of carbonyl (C=O) groups excluding carboxylic acids is 6. The summed E-state index contributed by atoms with van der Waals surface area (Å²) in [5.74, 6) is -5.35. The second kappa shape index (κ2) is 12.0. The van der Waals surface area contributed by atoms with Gasteiger partial charge in [0.1, 0.15) is 30.0 Å². The monoisotopic (exact) mass is 636 g/mol. The lowest BCUT2D eigenvalue weighted by Crippen LogP contribution is -2.72. The van der Waals surface area contributed by atoms with Crippen molar-refractivity contribution in [3.05, 3.63) is 11.1 Å². The molecule has 1 unspecified atom stereocenters. The van der Waals surface area contributed by atoms with Crippen molar-refractivity contribution in [2.24, 2.45) is 22.7 Å². The first kappa shape index (κ1) is 34.4. The zero-order valence-corrected chi connectivity index (χ0v) is 27.5. The Labute approximate surface area is 262 Å². The Bertz CT molecular complexity index is 1310. The van der Waals surface area contributed by atoms with Crippen LogP contribution >= 0.6 is 0 Å². The molecular weight excluding hydrogens is 592 g/mol. The molecule has 0 aromatic carbocycles. The summed E-state index contributed by atoms with van der Waals surface area (Å²) in [6, 6.07) is 0. The summed E-state index contributed by atoms with van der Waals surface area (Å²) in [4.78, 5) is 76.0. The average molecular weight is 637 g/mol. The Hall–Kier alpha value is -3.48. The fourth-order valence-electron chi connectivity index (χ4n) is 8.51. The van der Waals surface area contributed by atoms with E-state index in [1.165, 1.54) is 41.5 Å². The first-order chi connectivity index (χ1) is 20.8. The summed E-state index contributed by atoms with van der Waals surface area (Å²) in [6.07, 6.45) is -6.25. The molecule has 0 aromatic rings. The summed E-state index contributed by atoms with van der Waals surface area (Å²) in [5, 5.41) is 0. The summed E-state index contributed by atoms with van der Waals surface area (Å²) < 4.78 is 42.1. The van der Waals surface area contributed by atoms with E-state index in [0.29, 0.717) is 11.1 Å². The van der Waals surface area contributed by atoms with Gasteiger partial charge in [-0.3, -0.25) is 28.8 Å². The van der Waals surface area contributed by atoms with Crippen molar-refractivity contribution >= 4 is 35.8 Å². The molecule has 1 aliphatic heterocycles. The largest absolute Gasteiger partial charge is 0.462 e. The van der Waals surface area contributed by atoms with Gasteiger partial charge in [-0.05, 0) is 29.9 Å². The van der Waals surface area contributed by atoms with E-state index in [9.17, 15) is 28.8 Å². The van der Waals surface area contributed by atoms with E-state index in [1.807, 2.05) is 13.8 Å². The maximum absolute atomic E-state index is 12.9. The third-order valence-corrected chi connectivity index (χ3v) is 10.0. The first-order valence-electron chi connectivity index (χ1n) is 15.2. The third-order valence-electron chi connectivity index (χ3n) is 10.0. The highest BCUT2D eigenvalue weighted by atomic mass is 16.6. The Morgan fingerprint density at radius 2 is 1.16 bits per heavy atom. The maximum Gasteiger partial charge on any atom is 0.303 e. The molecule has 0 N–H and O–H groups in total. The van der Waals surface area contributed by atoms with E-state index in [4.69, 9.17) is 33.2 Å². The highest BCUT2D eigenvalue weighted by molar-refractivity contribution is 5.70. The van der Waals surface area contributed by atoms with Crippen LogP contribution in [0.3, 0.4) is 0 Å². The lowest BCUT2D eigenvalue weighted by molar-refractivity contribution is -0.258. The number of hydrogen-bond donors (Lipinski definition) is 0. The van der Waals surface area contributed by atoms with Gasteiger partial charge in [0.25, 0.3) is 0 Å². The van der Waals surface area contributed by atoms with Gasteiger partial charge in [-0.2, -0.15) is 0 Å². The van der Waals surface area contributed by atoms with E-state index in [0.717, 1.165) is 0 Å². The van der Waals surface area contributed by atoms with Gasteiger partial charge in [0.2, 0.25) is 0 Å². The second-order valence-electron chi connectivity index (χ2n) is 13.4. The van der Waals surface area contributed by atoms with Crippen LogP contribution in [0, 0.1) is 22.7 Å². The number of fused-ring (bicyclic) bond motifs is 4. The third kappa shape index (κ3) is 6.07. The normalized spacial score (nSPS) is 38.0. The minimum atomic E-state index is -1.45. The van der Waals surface area contributed by atoms with Crippen molar-refractivity contribution in [2.75, 3.05) is 6.61 Å². The zero-order valence-electron chi connectivity index (χ0n) is 27.5. The Kier molecular flexibility index (Phi) is 9.20. The highest BCUT2D eigenvalue weighted by Crippen LogP contribution is 2.66. The fraction of sp³-hybridized carbons (Fsp3) is 0.750. The van der Waals surface area contributed by atoms with Crippen molar-refractivity contribution < 1.29 is 61.9 Å². The standard InChI is InChI=1S/C32H44O13/c1-14-22(40-15(2)33)11-21-26(43-18(5)36)28-31(10,23(41-16(3)34)12-24(42-17(4)35)32(28)13-39-32)29(45-20(7)38)27(44-19(6)37)25(14)30(21,8)9/h21-24,26-29H,11-13H2,1-10H3/t21-,22-,23-,24-,26+,27+,28-,29-,31+,32?/m0/s1. The molecule has 1 saturated heterocycles. The summed E-state index contributed by atoms with van der Waals surface area (Å²) in [5.41, 5.74) is -2.50. The van der Waals surface area contributed by atoms with Crippen LogP contribution in [0.25, 0.3) is 0 Å². The number of ether oxygens (including phenoxy) is 7. The van der Waals surface area contributed by atoms with Crippen LogP contribution in [-0.2, 0) is 61.9 Å². The lowest BCUT2D eigenvalue weighted by Gasteiger charge is -2.62. The maximum atomic E-state index is 12.9. The van der Waals surface area contributed by atoms with Crippen LogP contribution in [0.2, 0.25) is 0 Å². The molecular formula is C32H44O13. The SMILES string of the molecule is CC(=O)O[C@H]1[C@@H]2C3(CO3)[C@@H](OC(C)=O)C[C@H](OC(C)=O)[C@@]2(C)[C@@H](OC(C)=O)[C@H](OC(C)=O)C2=C(C)[C@@H](OC(C)=O)C[C@@H]1C2(C)C. The minimum absolute atomic E-state index is 0.0360. The molecule has 3 fully saturated rings. The van der Waals surface area contributed by atoms with Crippen molar-refractivity contribution in [2.45, 2.75) is 124 Å². The molecule has 2 saturated carbocycles. The van der Waals surface area contributed by atoms with E-state index in [2.05, 4.69) is 0 Å². The van der Waals surface area contributed by atoms with Crippen molar-refractivity contribution in [1.82, 2.24) is 0 Å². The molecule has 0 radical (unpaired) electrons. The van der Waals surface area contributed by atoms with Gasteiger partial charge < -0.3 is 33.2 Å². The topological polar surface area (TPSA) is 170 Å². The van der Waals surface area contributed by atoms with Crippen LogP contribution in [0.15, 0.2) is 11.1 Å². The molecule has 4 aliphatic rings. The van der Waals surface area contributed by atoms with Crippen molar-refractivity contribution in [3.63, 3.8) is 0 Å². The van der Waals surface area contributed by atoms with E-state index in [1.54, 1.807) is 13.8 Å². The molecule has 1 spiro atoms. The Morgan fingerprint density at radius 1 is 0.667 bits per heavy atom. The average Bonchev–Trinajstić information content (AvgIpc) is 3.65. The number of carbonyl (C=O) groups is 6. The molecule has 250 valence electrons. The van der Waals surface area contributed by atoms with E-state index >= 15 is 0 Å². The lowest BCUT2D eigenvalue weighted by atomic mass is 9.47. The number of epoxide rings is 1. The number of esters is 6. The molecule has 10 atom stereocenters. The molecule has 0 amide bonds. The Balaban J connectivity index is 2.15. The summed E-state index contributed by atoms with van der Waals surface area (Å²) in [6.45, 7) is 14.8. The highest BCUT2D eigenvalue weighted by Gasteiger charge is 2.77. The minimum Gasteiger partial charge on any atom is -0.462 e. The van der Waals surface area contributed by atoms with Gasteiger partial charge in [0.15, 0.2) is 12.2 Å². The second-order valence-corrected chi connectivity index (χ2v) is 13.4. The van der Waals surface area contributed by atoms with Crippen molar-refractivity contribution in [1.29, 1.82) is 0 Å². The molecule has 13 nitrogen and oxygen atoms in total. The van der Waals surface area contributed by atoms with E-state index in [-0.39, 0.29) is 19.4 Å². The van der Waals surface area contributed by atoms with Gasteiger partial charge in [0.05, 0.1) is 12.0 Å². The molecule has 3 aliphatic carbocycles. The smallest absolute Gasteiger partial charge is 0.303 e. The quantitative estimate of drug-likeness (QED) is 0.181. The van der Waals surface area contributed by atoms with E-state index < -0.39 is 101 Å². The van der Waals surface area contributed by atoms with Gasteiger partial charge in [0, 0.05) is 59.8 Å². The van der Waals surface area contributed by atoms with Crippen LogP contribution in [0.1, 0.15) is 82.1 Å². The van der Waals surface area contributed by atoms with Crippen molar-refractivity contribution in [3.8, 4) is 0 Å². The van der Waals surface area contributed by atoms with Crippen LogP contribution in [0.4, 0.5) is 0 Å². The molecule has 0 aromatic heterocycles.